The van der Waals surface area contributed by atoms with Gasteiger partial charge in [-0.2, -0.15) is 0 Å². The van der Waals surface area contributed by atoms with Gasteiger partial charge in [0.05, 0.1) is 22.1 Å². The lowest BCUT2D eigenvalue weighted by Crippen LogP contribution is -2.44. The van der Waals surface area contributed by atoms with E-state index in [2.05, 4.69) is 30.5 Å². The molecule has 0 amide bonds. The van der Waals surface area contributed by atoms with E-state index in [0.29, 0.717) is 17.5 Å². The minimum atomic E-state index is 0.267. The third-order valence-corrected chi connectivity index (χ3v) is 5.66. The molecule has 4 heterocycles. The number of thiophene rings is 1. The number of nitrogens with one attached hydrogen (secondary N) is 2. The Bertz CT molecular complexity index is 942. The summed E-state index contributed by atoms with van der Waals surface area (Å²) >= 11 is 7.87. The predicted molar refractivity (Wildman–Crippen MR) is 113 cm³/mol. The molecule has 1 fully saturated rings. The summed E-state index contributed by atoms with van der Waals surface area (Å²) in [5.74, 6) is 2.22. The van der Waals surface area contributed by atoms with Gasteiger partial charge >= 0.3 is 0 Å². The van der Waals surface area contributed by atoms with E-state index in [4.69, 9.17) is 16.0 Å². The van der Waals surface area contributed by atoms with Gasteiger partial charge < -0.3 is 20.0 Å². The van der Waals surface area contributed by atoms with Crippen molar-refractivity contribution >= 4 is 34.7 Å². The van der Waals surface area contributed by atoms with Crippen molar-refractivity contribution in [3.05, 3.63) is 52.8 Å². The van der Waals surface area contributed by atoms with Crippen LogP contribution in [0.3, 0.4) is 0 Å². The van der Waals surface area contributed by atoms with Gasteiger partial charge in [-0.05, 0) is 30.0 Å². The molecule has 1 aliphatic heterocycles. The van der Waals surface area contributed by atoms with E-state index in [0.717, 1.165) is 41.9 Å². The minimum absolute atomic E-state index is 0.267. The third kappa shape index (κ3) is 4.28. The molecule has 1 aliphatic rings. The largest absolute Gasteiger partial charge is 0.443 e. The zero-order valence-corrected chi connectivity index (χ0v) is 17.0. The van der Waals surface area contributed by atoms with E-state index < -0.39 is 0 Å². The highest BCUT2D eigenvalue weighted by atomic mass is 35.5. The van der Waals surface area contributed by atoms with Crippen LogP contribution in [0.5, 0.6) is 0 Å². The molecule has 4 rings (SSSR count). The number of aliphatic imine (C=N–C) groups is 1. The fourth-order valence-electron chi connectivity index (χ4n) is 3.14. The van der Waals surface area contributed by atoms with Gasteiger partial charge in [-0.15, -0.1) is 11.3 Å². The number of rotatable bonds is 5. The first kappa shape index (κ1) is 18.8. The van der Waals surface area contributed by atoms with Gasteiger partial charge in [-0.25, -0.2) is 9.97 Å². The van der Waals surface area contributed by atoms with Crippen LogP contribution in [0.4, 0.5) is 5.82 Å². The molecule has 28 heavy (non-hydrogen) atoms. The number of pyridine rings is 1. The number of oxazole rings is 1. The Morgan fingerprint density at radius 1 is 1.43 bits per heavy atom. The molecule has 0 radical (unpaired) electrons. The zero-order chi connectivity index (χ0) is 19.3. The van der Waals surface area contributed by atoms with E-state index in [-0.39, 0.29) is 6.04 Å². The van der Waals surface area contributed by atoms with Crippen molar-refractivity contribution < 1.29 is 4.42 Å². The lowest BCUT2D eigenvalue weighted by Gasteiger charge is -2.20. The van der Waals surface area contributed by atoms with E-state index >= 15 is 0 Å². The normalized spacial score (nSPS) is 17.1. The molecule has 3 aromatic heterocycles. The van der Waals surface area contributed by atoms with Crippen LogP contribution in [0.25, 0.3) is 10.8 Å². The lowest BCUT2D eigenvalue weighted by molar-refractivity contribution is 0.573. The summed E-state index contributed by atoms with van der Waals surface area (Å²) in [4.78, 5) is 16.4. The van der Waals surface area contributed by atoms with Gasteiger partial charge in [0.25, 0.3) is 0 Å². The van der Waals surface area contributed by atoms with Crippen LogP contribution in [-0.4, -0.2) is 42.1 Å². The zero-order valence-electron chi connectivity index (χ0n) is 15.4. The molecule has 7 nitrogen and oxygen atoms in total. The van der Waals surface area contributed by atoms with Crippen LogP contribution in [0.1, 0.15) is 12.1 Å². The Balaban J connectivity index is 1.30. The Kier molecular flexibility index (Phi) is 5.78. The van der Waals surface area contributed by atoms with E-state index in [1.807, 2.05) is 29.6 Å². The number of hydrogen-bond donors (Lipinski definition) is 2. The van der Waals surface area contributed by atoms with Crippen molar-refractivity contribution in [1.29, 1.82) is 0 Å². The number of halogens is 1. The minimum Gasteiger partial charge on any atom is -0.443 e. The monoisotopic (exact) mass is 416 g/mol. The molecular formula is C19H21ClN6OS. The number of hydrogen-bond acceptors (Lipinski definition) is 6. The quantitative estimate of drug-likeness (QED) is 0.490. The molecule has 0 bridgehead atoms. The molecule has 3 aromatic rings. The third-order valence-electron chi connectivity index (χ3n) is 4.51. The summed E-state index contributed by atoms with van der Waals surface area (Å²) in [6, 6.07) is 7.96. The van der Waals surface area contributed by atoms with Gasteiger partial charge in [0.2, 0.25) is 5.89 Å². The van der Waals surface area contributed by atoms with Crippen molar-refractivity contribution in [3.8, 4) is 10.8 Å². The van der Waals surface area contributed by atoms with Crippen molar-refractivity contribution in [2.24, 2.45) is 4.99 Å². The van der Waals surface area contributed by atoms with E-state index in [1.165, 1.54) is 0 Å². The summed E-state index contributed by atoms with van der Waals surface area (Å²) in [5, 5.41) is 9.44. The Labute approximate surface area is 172 Å². The first-order valence-electron chi connectivity index (χ1n) is 9.04. The van der Waals surface area contributed by atoms with Gasteiger partial charge in [0.15, 0.2) is 5.96 Å². The van der Waals surface area contributed by atoms with Gasteiger partial charge in [0, 0.05) is 32.4 Å². The fourth-order valence-corrected chi connectivity index (χ4v) is 4.04. The van der Waals surface area contributed by atoms with E-state index in [9.17, 15) is 0 Å². The second-order valence-corrected chi connectivity index (χ2v) is 7.79. The van der Waals surface area contributed by atoms with Crippen LogP contribution in [0, 0.1) is 0 Å². The summed E-state index contributed by atoms with van der Waals surface area (Å²) in [7, 11) is 1.76. The number of aromatic nitrogens is 2. The summed E-state index contributed by atoms with van der Waals surface area (Å²) in [6.45, 7) is 2.26. The molecule has 2 N–H and O–H groups in total. The van der Waals surface area contributed by atoms with Crippen molar-refractivity contribution in [2.75, 3.05) is 25.0 Å². The standard InChI is InChI=1S/C19H21ClN6OS/c1-21-19(23-10-14-12-27-18(24-14)16-5-3-9-28-16)25-13-6-8-26(11-13)17-15(20)4-2-7-22-17/h2-5,7,9,12-13H,6,8,10-11H2,1H3,(H2,21,23,25). The number of guanidine groups is 1. The molecule has 1 unspecified atom stereocenters. The lowest BCUT2D eigenvalue weighted by atomic mass is 10.3. The van der Waals surface area contributed by atoms with Crippen LogP contribution in [0.2, 0.25) is 5.02 Å². The van der Waals surface area contributed by atoms with Crippen LogP contribution in [0.15, 0.2) is 51.5 Å². The Morgan fingerprint density at radius 3 is 3.14 bits per heavy atom. The fraction of sp³-hybridized carbons (Fsp3) is 0.316. The molecule has 146 valence electrons. The summed E-state index contributed by atoms with van der Waals surface area (Å²) in [6.07, 6.45) is 4.43. The summed E-state index contributed by atoms with van der Waals surface area (Å²) in [5.41, 5.74) is 0.833. The first-order valence-corrected chi connectivity index (χ1v) is 10.3. The Morgan fingerprint density at radius 2 is 2.36 bits per heavy atom. The molecule has 1 saturated heterocycles. The molecule has 0 aromatic carbocycles. The molecule has 9 heteroatoms. The van der Waals surface area contributed by atoms with Crippen molar-refractivity contribution in [2.45, 2.75) is 19.0 Å². The smallest absolute Gasteiger partial charge is 0.236 e. The highest BCUT2D eigenvalue weighted by Crippen LogP contribution is 2.26. The maximum absolute atomic E-state index is 6.27. The summed E-state index contributed by atoms with van der Waals surface area (Å²) < 4.78 is 5.56. The second kappa shape index (κ2) is 8.62. The predicted octanol–water partition coefficient (Wildman–Crippen LogP) is 3.40. The first-order chi connectivity index (χ1) is 13.7. The van der Waals surface area contributed by atoms with Gasteiger partial charge in [0.1, 0.15) is 12.1 Å². The Hall–Kier alpha value is -2.58. The van der Waals surface area contributed by atoms with E-state index in [1.54, 1.807) is 30.8 Å². The average Bonchev–Trinajstić information content (AvgIpc) is 3.46. The highest BCUT2D eigenvalue weighted by Gasteiger charge is 2.25. The number of anilines is 1. The topological polar surface area (TPSA) is 78.6 Å². The molecule has 1 atom stereocenters. The van der Waals surface area contributed by atoms with Crippen LogP contribution in [-0.2, 0) is 6.54 Å². The van der Waals surface area contributed by atoms with Crippen LogP contribution >= 0.6 is 22.9 Å². The number of nitrogens with zero attached hydrogens (tertiary/aromatic N) is 4. The SMILES string of the molecule is CN=C(NCc1coc(-c2cccs2)n1)NC1CCN(c2ncccc2Cl)C1. The molecular weight excluding hydrogens is 396 g/mol. The highest BCUT2D eigenvalue weighted by molar-refractivity contribution is 7.13. The second-order valence-electron chi connectivity index (χ2n) is 6.43. The molecule has 0 spiro atoms. The molecule has 0 saturated carbocycles. The maximum Gasteiger partial charge on any atom is 0.236 e. The van der Waals surface area contributed by atoms with Crippen LogP contribution < -0.4 is 15.5 Å². The van der Waals surface area contributed by atoms with Crippen molar-refractivity contribution in [3.63, 3.8) is 0 Å². The van der Waals surface area contributed by atoms with Gasteiger partial charge in [-0.3, -0.25) is 4.99 Å². The van der Waals surface area contributed by atoms with Crippen molar-refractivity contribution in [1.82, 2.24) is 20.6 Å². The average molecular weight is 417 g/mol. The maximum atomic E-state index is 6.27. The molecule has 0 aliphatic carbocycles. The van der Waals surface area contributed by atoms with Gasteiger partial charge in [-0.1, -0.05) is 17.7 Å².